The lowest BCUT2D eigenvalue weighted by atomic mass is 10.1. The highest BCUT2D eigenvalue weighted by Gasteiger charge is 2.50. The van der Waals surface area contributed by atoms with E-state index in [0.29, 0.717) is 0 Å². The Hall–Kier alpha value is 0.220. The van der Waals surface area contributed by atoms with Gasteiger partial charge in [-0.2, -0.15) is 20.2 Å². The van der Waals surface area contributed by atoms with Gasteiger partial charge in [0, 0.05) is 23.3 Å². The molecule has 0 aliphatic carbocycles. The fourth-order valence-corrected chi connectivity index (χ4v) is 4.95. The van der Waals surface area contributed by atoms with Gasteiger partial charge in [-0.05, 0) is 12.8 Å². The maximum Gasteiger partial charge on any atom is 0.295 e. The molecule has 6 heteroatoms. The summed E-state index contributed by atoms with van der Waals surface area (Å²) >= 11 is 1.74. The van der Waals surface area contributed by atoms with Crippen LogP contribution >= 0.6 is 11.8 Å². The summed E-state index contributed by atoms with van der Waals surface area (Å²) in [7, 11) is -4.31. The maximum atomic E-state index is 10.9. The number of fused-ring (bicyclic) bond motifs is 2. The third-order valence-corrected chi connectivity index (χ3v) is 5.64. The van der Waals surface area contributed by atoms with Gasteiger partial charge in [0.05, 0.1) is 0 Å². The third-order valence-electron chi connectivity index (χ3n) is 2.77. The molecular weight excluding hydrogens is 212 g/mol. The van der Waals surface area contributed by atoms with Crippen molar-refractivity contribution in [1.29, 1.82) is 0 Å². The predicted molar refractivity (Wildman–Crippen MR) is 50.1 cm³/mol. The van der Waals surface area contributed by atoms with Crippen LogP contribution in [0.2, 0.25) is 0 Å². The first-order chi connectivity index (χ1) is 5.91. The van der Waals surface area contributed by atoms with Gasteiger partial charge in [-0.15, -0.1) is 0 Å². The van der Waals surface area contributed by atoms with Crippen molar-refractivity contribution < 1.29 is 18.1 Å². The quantitative estimate of drug-likeness (QED) is 0.639. The number of thioether (sulfide) groups is 1. The lowest BCUT2D eigenvalue weighted by molar-refractivity contribution is 0.0957. The van der Waals surface area contributed by atoms with Crippen LogP contribution in [0.3, 0.4) is 0 Å². The summed E-state index contributed by atoms with van der Waals surface area (Å²) in [6, 6.07) is 0. The van der Waals surface area contributed by atoms with Crippen molar-refractivity contribution in [2.24, 2.45) is 0 Å². The topological polar surface area (TPSA) is 74.6 Å². The van der Waals surface area contributed by atoms with Crippen LogP contribution in [0.25, 0.3) is 0 Å². The summed E-state index contributed by atoms with van der Waals surface area (Å²) in [5.74, 6) is 0. The van der Waals surface area contributed by atoms with E-state index in [1.54, 1.807) is 11.8 Å². The van der Waals surface area contributed by atoms with Crippen LogP contribution in [0.5, 0.6) is 0 Å². The van der Waals surface area contributed by atoms with Crippen LogP contribution in [0, 0.1) is 0 Å². The average molecular weight is 224 g/mol. The van der Waals surface area contributed by atoms with Crippen LogP contribution in [0.4, 0.5) is 0 Å². The van der Waals surface area contributed by atoms with Crippen molar-refractivity contribution in [2.75, 3.05) is 0 Å². The average Bonchev–Trinajstić information content (AvgIpc) is 2.28. The molecular formula is C7H12O4S2. The molecule has 0 radical (unpaired) electrons. The van der Waals surface area contributed by atoms with Crippen LogP contribution in [0.15, 0.2) is 0 Å². The molecule has 2 heterocycles. The first-order valence-corrected chi connectivity index (χ1v) is 6.64. The highest BCUT2D eigenvalue weighted by atomic mass is 32.2. The second-order valence-electron chi connectivity index (χ2n) is 3.79. The zero-order chi connectivity index (χ0) is 9.69. The molecule has 0 aromatic heterocycles. The van der Waals surface area contributed by atoms with Gasteiger partial charge in [0.15, 0.2) is 4.93 Å². The lowest BCUT2D eigenvalue weighted by Gasteiger charge is -2.32. The molecule has 2 saturated heterocycles. The fourth-order valence-electron chi connectivity index (χ4n) is 2.09. The Labute approximate surface area is 81.5 Å². The van der Waals surface area contributed by atoms with E-state index >= 15 is 0 Å². The van der Waals surface area contributed by atoms with Crippen molar-refractivity contribution in [1.82, 2.24) is 0 Å². The zero-order valence-corrected chi connectivity index (χ0v) is 8.64. The van der Waals surface area contributed by atoms with E-state index in [-0.39, 0.29) is 23.3 Å². The minimum atomic E-state index is -4.31. The van der Waals surface area contributed by atoms with E-state index < -0.39 is 15.1 Å². The number of hydrogen-bond donors (Lipinski definition) is 2. The van der Waals surface area contributed by atoms with Crippen LogP contribution in [-0.4, -0.2) is 33.5 Å². The van der Waals surface area contributed by atoms with E-state index in [1.165, 1.54) is 0 Å². The van der Waals surface area contributed by atoms with Gasteiger partial charge in [-0.1, -0.05) is 0 Å². The minimum absolute atomic E-state index is 0.174. The van der Waals surface area contributed by atoms with Gasteiger partial charge in [0.25, 0.3) is 10.1 Å². The second-order valence-corrected chi connectivity index (χ2v) is 7.10. The molecule has 0 amide bonds. The van der Waals surface area contributed by atoms with Gasteiger partial charge in [0.2, 0.25) is 0 Å². The van der Waals surface area contributed by atoms with Crippen molar-refractivity contribution in [3.8, 4) is 0 Å². The molecule has 2 aliphatic heterocycles. The van der Waals surface area contributed by atoms with E-state index in [1.807, 2.05) is 0 Å². The lowest BCUT2D eigenvalue weighted by Crippen LogP contribution is -2.44. The largest absolute Gasteiger partial charge is 0.372 e. The van der Waals surface area contributed by atoms with Crippen LogP contribution in [-0.2, 0) is 10.1 Å². The number of aliphatic hydroxyl groups is 1. The summed E-state index contributed by atoms with van der Waals surface area (Å²) < 4.78 is 30.7. The first-order valence-electron chi connectivity index (χ1n) is 4.26. The summed E-state index contributed by atoms with van der Waals surface area (Å²) in [4.78, 5) is -1.87. The highest BCUT2D eigenvalue weighted by molar-refractivity contribution is 8.01. The van der Waals surface area contributed by atoms with Gasteiger partial charge < -0.3 is 5.11 Å². The highest BCUT2D eigenvalue weighted by Crippen LogP contribution is 2.48. The monoisotopic (exact) mass is 224 g/mol. The molecule has 4 nitrogen and oxygen atoms in total. The second kappa shape index (κ2) is 2.85. The standard InChI is InChI=1S/C7H12O4S2/c8-7(13(9,10)11)3-5-1-2-6(4-7)12-5/h5-6,8H,1-4H2,(H,9,10,11). The van der Waals surface area contributed by atoms with Gasteiger partial charge in [0.1, 0.15) is 0 Å². The number of rotatable bonds is 1. The molecule has 2 aliphatic rings. The van der Waals surface area contributed by atoms with Crippen LogP contribution < -0.4 is 0 Å². The van der Waals surface area contributed by atoms with E-state index in [4.69, 9.17) is 4.55 Å². The van der Waals surface area contributed by atoms with Crippen molar-refractivity contribution in [3.05, 3.63) is 0 Å². The molecule has 2 bridgehead atoms. The minimum Gasteiger partial charge on any atom is -0.372 e. The molecule has 0 aromatic rings. The van der Waals surface area contributed by atoms with Crippen molar-refractivity contribution in [3.63, 3.8) is 0 Å². The Morgan fingerprint density at radius 2 is 1.69 bits per heavy atom. The molecule has 0 aromatic carbocycles. The molecule has 13 heavy (non-hydrogen) atoms. The van der Waals surface area contributed by atoms with E-state index in [0.717, 1.165) is 12.8 Å². The Morgan fingerprint density at radius 3 is 2.08 bits per heavy atom. The summed E-state index contributed by atoms with van der Waals surface area (Å²) in [6.45, 7) is 0. The molecule has 2 atom stereocenters. The van der Waals surface area contributed by atoms with Crippen molar-refractivity contribution in [2.45, 2.75) is 41.1 Å². The Morgan fingerprint density at radius 1 is 1.23 bits per heavy atom. The molecule has 0 spiro atoms. The summed E-state index contributed by atoms with van der Waals surface area (Å²) in [5.41, 5.74) is 0. The SMILES string of the molecule is O=S(=O)(O)C1(O)CC2CCC(C1)S2. The first kappa shape index (κ1) is 9.76. The summed E-state index contributed by atoms with van der Waals surface area (Å²) in [5, 5.41) is 10.1. The zero-order valence-electron chi connectivity index (χ0n) is 7.01. The molecule has 2 rings (SSSR count). The third kappa shape index (κ3) is 1.60. The van der Waals surface area contributed by atoms with Gasteiger partial charge in [-0.3, -0.25) is 4.55 Å². The Kier molecular flexibility index (Phi) is 2.14. The van der Waals surface area contributed by atoms with Gasteiger partial charge in [-0.25, -0.2) is 0 Å². The van der Waals surface area contributed by atoms with E-state index in [2.05, 4.69) is 0 Å². The predicted octanol–water partition coefficient (Wildman–Crippen LogP) is 0.621. The fraction of sp³-hybridized carbons (Fsp3) is 1.00. The molecule has 76 valence electrons. The summed E-state index contributed by atoms with van der Waals surface area (Å²) in [6.07, 6.45) is 2.25. The van der Waals surface area contributed by atoms with Crippen LogP contribution in [0.1, 0.15) is 25.7 Å². The molecule has 2 N–H and O–H groups in total. The Bertz CT molecular complexity index is 298. The smallest absolute Gasteiger partial charge is 0.295 e. The molecule has 2 fully saturated rings. The maximum absolute atomic E-state index is 10.9. The Balaban J connectivity index is 2.27. The van der Waals surface area contributed by atoms with E-state index in [9.17, 15) is 13.5 Å². The molecule has 2 unspecified atom stereocenters. The number of hydrogen-bond acceptors (Lipinski definition) is 4. The van der Waals surface area contributed by atoms with Crippen molar-refractivity contribution >= 4 is 21.9 Å². The normalized spacial score (nSPS) is 45.1. The van der Waals surface area contributed by atoms with Gasteiger partial charge >= 0.3 is 0 Å². The molecule has 0 saturated carbocycles.